The zero-order valence-electron chi connectivity index (χ0n) is 18.8. The second kappa shape index (κ2) is 8.67. The monoisotopic (exact) mass is 483 g/mol. The van der Waals surface area contributed by atoms with Gasteiger partial charge in [0.2, 0.25) is 5.91 Å². The van der Waals surface area contributed by atoms with Crippen molar-refractivity contribution in [2.75, 3.05) is 10.6 Å². The maximum absolute atomic E-state index is 12.8. The summed E-state index contributed by atoms with van der Waals surface area (Å²) in [6.07, 6.45) is 9.02. The second-order valence-electron chi connectivity index (χ2n) is 9.20. The van der Waals surface area contributed by atoms with Crippen molar-refractivity contribution in [1.29, 1.82) is 5.26 Å². The van der Waals surface area contributed by atoms with E-state index in [9.17, 15) is 10.1 Å². The lowest BCUT2D eigenvalue weighted by molar-refractivity contribution is -0.117. The molecule has 1 amide bonds. The van der Waals surface area contributed by atoms with Crippen molar-refractivity contribution in [1.82, 2.24) is 19.6 Å². The third-order valence-electron chi connectivity index (χ3n) is 6.61. The Morgan fingerprint density at radius 2 is 2.09 bits per heavy atom. The number of carbonyl (C=O) groups excluding carboxylic acids is 1. The molecular weight excluding hydrogens is 462 g/mol. The summed E-state index contributed by atoms with van der Waals surface area (Å²) in [4.78, 5) is 17.5. The molecule has 2 saturated carbocycles. The fourth-order valence-corrected chi connectivity index (χ4v) is 4.69. The van der Waals surface area contributed by atoms with Crippen LogP contribution >= 0.6 is 11.6 Å². The maximum atomic E-state index is 12.8. The summed E-state index contributed by atoms with van der Waals surface area (Å²) in [5.41, 5.74) is 5.31. The largest absolute Gasteiger partial charge is 0.378 e. The average Bonchev–Trinajstić information content (AvgIpc) is 3.79. The number of nitriles is 1. The molecule has 3 heterocycles. The van der Waals surface area contributed by atoms with Crippen molar-refractivity contribution >= 4 is 34.7 Å². The lowest BCUT2D eigenvalue weighted by Crippen LogP contribution is -2.16. The molecule has 174 valence electrons. The number of nitrogens with one attached hydrogen (secondary N) is 2. The molecule has 9 heteroatoms. The third-order valence-corrected chi connectivity index (χ3v) is 6.85. The molecule has 0 saturated heterocycles. The number of amides is 1. The van der Waals surface area contributed by atoms with E-state index in [2.05, 4.69) is 54.6 Å². The Balaban J connectivity index is 1.09. The number of rotatable bonds is 7. The van der Waals surface area contributed by atoms with Gasteiger partial charge in [-0.1, -0.05) is 17.7 Å². The first-order valence-corrected chi connectivity index (χ1v) is 12.0. The van der Waals surface area contributed by atoms with Crippen LogP contribution in [0, 0.1) is 17.2 Å². The molecule has 2 fully saturated rings. The first-order chi connectivity index (χ1) is 17.1. The van der Waals surface area contributed by atoms with Crippen molar-refractivity contribution in [3.63, 3.8) is 0 Å². The molecule has 4 aromatic rings. The smallest absolute Gasteiger partial charge is 0.229 e. The van der Waals surface area contributed by atoms with Crippen molar-refractivity contribution in [3.05, 3.63) is 82.4 Å². The predicted molar refractivity (Wildman–Crippen MR) is 132 cm³/mol. The van der Waals surface area contributed by atoms with Crippen molar-refractivity contribution in [3.8, 4) is 6.07 Å². The van der Waals surface area contributed by atoms with Gasteiger partial charge in [0.15, 0.2) is 5.82 Å². The van der Waals surface area contributed by atoms with E-state index in [0.29, 0.717) is 35.3 Å². The van der Waals surface area contributed by atoms with E-state index >= 15 is 0 Å². The van der Waals surface area contributed by atoms with E-state index in [-0.39, 0.29) is 17.7 Å². The summed E-state index contributed by atoms with van der Waals surface area (Å²) >= 11 is 6.10. The lowest BCUT2D eigenvalue weighted by Gasteiger charge is -2.08. The molecular formula is C26H22ClN7O. The van der Waals surface area contributed by atoms with Crippen LogP contribution in [0.5, 0.6) is 0 Å². The Labute approximate surface area is 207 Å². The molecule has 35 heavy (non-hydrogen) atoms. The van der Waals surface area contributed by atoms with Crippen LogP contribution in [0.15, 0.2) is 55.0 Å². The second-order valence-corrected chi connectivity index (χ2v) is 9.64. The van der Waals surface area contributed by atoms with Crippen LogP contribution in [0.25, 0.3) is 5.65 Å². The molecule has 0 bridgehead atoms. The van der Waals surface area contributed by atoms with Gasteiger partial charge >= 0.3 is 0 Å². The number of imidazole rings is 1. The summed E-state index contributed by atoms with van der Waals surface area (Å²) in [5, 5.41) is 24.1. The Kier molecular flexibility index (Phi) is 5.34. The number of aromatic nitrogens is 4. The standard InChI is InChI=1S/C26H22ClN7O/c27-18-5-3-16(10-28)21(7-18)22-9-23(22)26(35)32-24-8-19(12-30-33-24)29-11-20-14-34-13-17(15-1-2-15)4-6-25(34)31-20/h3-8,12-15,22-23H,1-2,9,11H2,(H2,29,32,33,35)/t22-,23+/m0/s1. The van der Waals surface area contributed by atoms with Gasteiger partial charge in [-0.3, -0.25) is 4.79 Å². The van der Waals surface area contributed by atoms with E-state index in [0.717, 1.165) is 22.6 Å². The fourth-order valence-electron chi connectivity index (χ4n) is 4.51. The Morgan fingerprint density at radius 1 is 1.20 bits per heavy atom. The molecule has 8 nitrogen and oxygen atoms in total. The van der Waals surface area contributed by atoms with Gasteiger partial charge in [0, 0.05) is 29.4 Å². The molecule has 1 aromatic carbocycles. The van der Waals surface area contributed by atoms with Crippen LogP contribution in [-0.2, 0) is 11.3 Å². The number of hydrogen-bond acceptors (Lipinski definition) is 6. The van der Waals surface area contributed by atoms with E-state index in [1.54, 1.807) is 30.5 Å². The molecule has 0 unspecified atom stereocenters. The molecule has 2 aliphatic carbocycles. The molecule has 2 atom stereocenters. The van der Waals surface area contributed by atoms with Crippen LogP contribution in [0.2, 0.25) is 5.02 Å². The minimum Gasteiger partial charge on any atom is -0.378 e. The summed E-state index contributed by atoms with van der Waals surface area (Å²) in [6.45, 7) is 0.524. The van der Waals surface area contributed by atoms with Gasteiger partial charge in [0.05, 0.1) is 35.8 Å². The fraction of sp³-hybridized carbons (Fsp3) is 0.269. The molecule has 6 rings (SSSR count). The zero-order chi connectivity index (χ0) is 23.9. The summed E-state index contributed by atoms with van der Waals surface area (Å²) < 4.78 is 2.07. The zero-order valence-corrected chi connectivity index (χ0v) is 19.5. The van der Waals surface area contributed by atoms with Crippen molar-refractivity contribution < 1.29 is 4.79 Å². The quantitative estimate of drug-likeness (QED) is 0.388. The van der Waals surface area contributed by atoms with Crippen LogP contribution in [0.3, 0.4) is 0 Å². The summed E-state index contributed by atoms with van der Waals surface area (Å²) in [6, 6.07) is 13.3. The van der Waals surface area contributed by atoms with Gasteiger partial charge in [0.1, 0.15) is 5.65 Å². The van der Waals surface area contributed by atoms with Crippen molar-refractivity contribution in [2.45, 2.75) is 37.6 Å². The Morgan fingerprint density at radius 3 is 2.91 bits per heavy atom. The van der Waals surface area contributed by atoms with Gasteiger partial charge in [-0.15, -0.1) is 5.10 Å². The maximum Gasteiger partial charge on any atom is 0.229 e. The SMILES string of the molecule is N#Cc1ccc(Cl)cc1[C@@H]1C[C@H]1C(=O)Nc1cc(NCc2cn3cc(C4CC4)ccc3n2)cnn1. The highest BCUT2D eigenvalue weighted by atomic mass is 35.5. The van der Waals surface area contributed by atoms with Gasteiger partial charge in [-0.2, -0.15) is 10.4 Å². The molecule has 3 aromatic heterocycles. The predicted octanol–water partition coefficient (Wildman–Crippen LogP) is 4.88. The minimum atomic E-state index is -0.225. The average molecular weight is 484 g/mol. The Hall–Kier alpha value is -3.96. The molecule has 2 N–H and O–H groups in total. The number of halogens is 1. The summed E-state index contributed by atoms with van der Waals surface area (Å²) in [7, 11) is 0. The van der Waals surface area contributed by atoms with Crippen molar-refractivity contribution in [2.24, 2.45) is 5.92 Å². The Bertz CT molecular complexity index is 1490. The van der Waals surface area contributed by atoms with E-state index < -0.39 is 0 Å². The number of benzene rings is 1. The number of nitrogens with zero attached hydrogens (tertiary/aromatic N) is 5. The highest BCUT2D eigenvalue weighted by Gasteiger charge is 2.45. The van der Waals surface area contributed by atoms with Gasteiger partial charge < -0.3 is 15.0 Å². The first-order valence-electron chi connectivity index (χ1n) is 11.6. The van der Waals surface area contributed by atoms with Crippen LogP contribution in [0.1, 0.15) is 53.5 Å². The number of fused-ring (bicyclic) bond motifs is 1. The first kappa shape index (κ1) is 21.6. The van der Waals surface area contributed by atoms with Crippen LogP contribution in [0.4, 0.5) is 11.5 Å². The van der Waals surface area contributed by atoms with Gasteiger partial charge in [-0.05, 0) is 66.5 Å². The minimum absolute atomic E-state index is 0.0203. The topological polar surface area (TPSA) is 108 Å². The number of carbonyl (C=O) groups is 1. The summed E-state index contributed by atoms with van der Waals surface area (Å²) in [5.74, 6) is 0.689. The van der Waals surface area contributed by atoms with E-state index in [1.807, 2.05) is 6.20 Å². The highest BCUT2D eigenvalue weighted by molar-refractivity contribution is 6.30. The highest BCUT2D eigenvalue weighted by Crippen LogP contribution is 2.49. The number of hydrogen-bond donors (Lipinski definition) is 2. The molecule has 0 radical (unpaired) electrons. The van der Waals surface area contributed by atoms with Crippen LogP contribution < -0.4 is 10.6 Å². The van der Waals surface area contributed by atoms with Gasteiger partial charge in [-0.25, -0.2) is 4.98 Å². The molecule has 0 spiro atoms. The van der Waals surface area contributed by atoms with Crippen LogP contribution in [-0.4, -0.2) is 25.5 Å². The van der Waals surface area contributed by atoms with Gasteiger partial charge in [0.25, 0.3) is 0 Å². The normalized spacial score (nSPS) is 18.7. The third kappa shape index (κ3) is 4.55. The van der Waals surface area contributed by atoms with E-state index in [4.69, 9.17) is 11.6 Å². The lowest BCUT2D eigenvalue weighted by atomic mass is 10.0. The number of pyridine rings is 1. The van der Waals surface area contributed by atoms with E-state index in [1.165, 1.54) is 18.4 Å². The molecule has 2 aliphatic rings. The number of anilines is 2. The molecule has 0 aliphatic heterocycles.